The van der Waals surface area contributed by atoms with E-state index in [1.165, 1.54) is 0 Å². The zero-order chi connectivity index (χ0) is 13.5. The lowest BCUT2D eigenvalue weighted by atomic mass is 10.0. The maximum atomic E-state index is 11.8. The van der Waals surface area contributed by atoms with E-state index in [0.29, 0.717) is 13.2 Å². The van der Waals surface area contributed by atoms with Gasteiger partial charge in [-0.2, -0.15) is 0 Å². The van der Waals surface area contributed by atoms with Crippen LogP contribution in [-0.2, 0) is 22.7 Å². The van der Waals surface area contributed by atoms with Gasteiger partial charge in [-0.1, -0.05) is 31.2 Å². The van der Waals surface area contributed by atoms with Crippen molar-refractivity contribution in [2.75, 3.05) is 7.11 Å². The number of carbonyl (C=O) groups excluding carboxylic acids is 1. The van der Waals surface area contributed by atoms with Crippen molar-refractivity contribution in [2.24, 2.45) is 11.7 Å². The van der Waals surface area contributed by atoms with Crippen LogP contribution in [0.25, 0.3) is 0 Å². The Balaban J connectivity index is 0.00000324. The molecule has 0 radical (unpaired) electrons. The molecular weight excluding hydrogens is 264 g/mol. The summed E-state index contributed by atoms with van der Waals surface area (Å²) in [4.78, 5) is 11.8. The maximum absolute atomic E-state index is 11.8. The highest BCUT2D eigenvalue weighted by Gasteiger charge is 2.16. The van der Waals surface area contributed by atoms with E-state index in [2.05, 4.69) is 5.32 Å². The Hall–Kier alpha value is -1.10. The molecule has 1 rings (SSSR count). The van der Waals surface area contributed by atoms with Crippen LogP contribution in [0.1, 0.15) is 25.0 Å². The molecule has 1 amide bonds. The van der Waals surface area contributed by atoms with Crippen molar-refractivity contribution in [1.29, 1.82) is 0 Å². The van der Waals surface area contributed by atoms with Gasteiger partial charge in [0.1, 0.15) is 0 Å². The number of nitrogens with two attached hydrogens (primary N) is 1. The second-order valence-corrected chi connectivity index (χ2v) is 4.57. The molecule has 0 saturated carbocycles. The number of benzene rings is 1. The lowest BCUT2D eigenvalue weighted by Gasteiger charge is -2.16. The zero-order valence-corrected chi connectivity index (χ0v) is 12.5. The van der Waals surface area contributed by atoms with E-state index in [-0.39, 0.29) is 30.3 Å². The van der Waals surface area contributed by atoms with Crippen LogP contribution in [0.5, 0.6) is 0 Å². The number of hydrogen-bond acceptors (Lipinski definition) is 3. The van der Waals surface area contributed by atoms with Crippen LogP contribution in [0.2, 0.25) is 0 Å². The summed E-state index contributed by atoms with van der Waals surface area (Å²) in [5, 5.41) is 2.90. The Morgan fingerprint density at radius 1 is 1.32 bits per heavy atom. The average Bonchev–Trinajstić information content (AvgIpc) is 2.36. The van der Waals surface area contributed by atoms with Crippen molar-refractivity contribution in [1.82, 2.24) is 5.32 Å². The van der Waals surface area contributed by atoms with Gasteiger partial charge in [-0.05, 0) is 18.1 Å². The van der Waals surface area contributed by atoms with Gasteiger partial charge in [-0.15, -0.1) is 12.4 Å². The second kappa shape index (κ2) is 8.91. The number of hydrogen-bond donors (Lipinski definition) is 2. The molecule has 2 atom stereocenters. The topological polar surface area (TPSA) is 64.3 Å². The highest BCUT2D eigenvalue weighted by atomic mass is 35.5. The van der Waals surface area contributed by atoms with E-state index in [0.717, 1.165) is 11.1 Å². The number of amides is 1. The Morgan fingerprint density at radius 2 is 1.89 bits per heavy atom. The summed E-state index contributed by atoms with van der Waals surface area (Å²) in [5.41, 5.74) is 7.87. The molecule has 4 nitrogen and oxygen atoms in total. The summed E-state index contributed by atoms with van der Waals surface area (Å²) < 4.78 is 5.13. The molecule has 3 N–H and O–H groups in total. The molecule has 0 aliphatic heterocycles. The number of methoxy groups -OCH3 is 1. The molecule has 19 heavy (non-hydrogen) atoms. The summed E-state index contributed by atoms with van der Waals surface area (Å²) in [5.74, 6) is -0.197. The molecule has 0 fully saturated rings. The molecule has 0 aliphatic carbocycles. The van der Waals surface area contributed by atoms with Crippen LogP contribution in [0, 0.1) is 5.92 Å². The first-order valence-corrected chi connectivity index (χ1v) is 6.15. The number of carbonyl (C=O) groups is 1. The largest absolute Gasteiger partial charge is 0.380 e. The van der Waals surface area contributed by atoms with Crippen molar-refractivity contribution in [3.63, 3.8) is 0 Å². The summed E-state index contributed by atoms with van der Waals surface area (Å²) >= 11 is 0. The first kappa shape index (κ1) is 17.9. The van der Waals surface area contributed by atoms with Crippen LogP contribution >= 0.6 is 12.4 Å². The van der Waals surface area contributed by atoms with E-state index >= 15 is 0 Å². The normalized spacial score (nSPS) is 13.3. The van der Waals surface area contributed by atoms with E-state index in [9.17, 15) is 4.79 Å². The van der Waals surface area contributed by atoms with Crippen LogP contribution in [0.15, 0.2) is 24.3 Å². The molecule has 0 bridgehead atoms. The number of ether oxygens (including phenoxy) is 1. The van der Waals surface area contributed by atoms with Gasteiger partial charge in [0.15, 0.2) is 0 Å². The highest BCUT2D eigenvalue weighted by Crippen LogP contribution is 2.10. The van der Waals surface area contributed by atoms with Gasteiger partial charge in [-0.3, -0.25) is 4.79 Å². The molecule has 1 aromatic rings. The first-order chi connectivity index (χ1) is 8.56. The fraction of sp³-hybridized carbons (Fsp3) is 0.500. The van der Waals surface area contributed by atoms with E-state index in [1.54, 1.807) is 7.11 Å². The Morgan fingerprint density at radius 3 is 2.42 bits per heavy atom. The summed E-state index contributed by atoms with van der Waals surface area (Å²) in [7, 11) is 1.66. The molecule has 0 heterocycles. The lowest BCUT2D eigenvalue weighted by Crippen LogP contribution is -2.38. The Kier molecular flexibility index (Phi) is 8.39. The van der Waals surface area contributed by atoms with Crippen molar-refractivity contribution >= 4 is 18.3 Å². The molecule has 0 aliphatic rings. The molecular formula is C14H23ClN2O2. The Labute approximate surface area is 121 Å². The molecule has 0 aromatic heterocycles. The van der Waals surface area contributed by atoms with Gasteiger partial charge < -0.3 is 15.8 Å². The van der Waals surface area contributed by atoms with Gasteiger partial charge in [0.25, 0.3) is 0 Å². The molecule has 0 spiro atoms. The minimum Gasteiger partial charge on any atom is -0.380 e. The van der Waals surface area contributed by atoms with Crippen LogP contribution in [0.4, 0.5) is 0 Å². The summed E-state index contributed by atoms with van der Waals surface area (Å²) in [6.45, 7) is 4.73. The lowest BCUT2D eigenvalue weighted by molar-refractivity contribution is -0.125. The molecule has 108 valence electrons. The fourth-order valence-corrected chi connectivity index (χ4v) is 1.61. The molecule has 1 aromatic carbocycles. The highest BCUT2D eigenvalue weighted by molar-refractivity contribution is 5.85. The smallest absolute Gasteiger partial charge is 0.224 e. The van der Waals surface area contributed by atoms with Crippen molar-refractivity contribution in [3.05, 3.63) is 35.4 Å². The number of halogens is 1. The van der Waals surface area contributed by atoms with Crippen molar-refractivity contribution < 1.29 is 9.53 Å². The summed E-state index contributed by atoms with van der Waals surface area (Å²) in [6, 6.07) is 7.77. The summed E-state index contributed by atoms with van der Waals surface area (Å²) in [6.07, 6.45) is 0. The van der Waals surface area contributed by atoms with Crippen LogP contribution in [0.3, 0.4) is 0 Å². The van der Waals surface area contributed by atoms with E-state index in [4.69, 9.17) is 10.5 Å². The zero-order valence-electron chi connectivity index (χ0n) is 11.7. The van der Waals surface area contributed by atoms with Crippen molar-refractivity contribution in [2.45, 2.75) is 33.0 Å². The third kappa shape index (κ3) is 5.59. The van der Waals surface area contributed by atoms with Gasteiger partial charge in [0, 0.05) is 25.6 Å². The minimum absolute atomic E-state index is 0. The fourth-order valence-electron chi connectivity index (χ4n) is 1.61. The van der Waals surface area contributed by atoms with Gasteiger partial charge in [0.05, 0.1) is 6.61 Å². The Bertz CT molecular complexity index is 397. The SMILES string of the molecule is COCc1ccccc1CNC(=O)C(C)C(C)N.Cl. The quantitative estimate of drug-likeness (QED) is 0.839. The molecule has 5 heteroatoms. The second-order valence-electron chi connectivity index (χ2n) is 4.57. The average molecular weight is 287 g/mol. The monoisotopic (exact) mass is 286 g/mol. The third-order valence-corrected chi connectivity index (χ3v) is 3.07. The first-order valence-electron chi connectivity index (χ1n) is 6.15. The standard InChI is InChI=1S/C14H22N2O2.ClH/c1-10(11(2)15)14(17)16-8-12-6-4-5-7-13(12)9-18-3;/h4-7,10-11H,8-9,15H2,1-3H3,(H,16,17);1H. The third-order valence-electron chi connectivity index (χ3n) is 3.07. The van der Waals surface area contributed by atoms with Crippen LogP contribution in [-0.4, -0.2) is 19.1 Å². The van der Waals surface area contributed by atoms with E-state index < -0.39 is 0 Å². The van der Waals surface area contributed by atoms with Crippen molar-refractivity contribution in [3.8, 4) is 0 Å². The maximum Gasteiger partial charge on any atom is 0.224 e. The predicted octanol–water partition coefficient (Wildman–Crippen LogP) is 1.85. The van der Waals surface area contributed by atoms with E-state index in [1.807, 2.05) is 38.1 Å². The predicted molar refractivity (Wildman–Crippen MR) is 79.1 cm³/mol. The molecule has 0 saturated heterocycles. The van der Waals surface area contributed by atoms with Crippen LogP contribution < -0.4 is 11.1 Å². The number of rotatable bonds is 6. The van der Waals surface area contributed by atoms with Gasteiger partial charge >= 0.3 is 0 Å². The minimum atomic E-state index is -0.181. The number of nitrogens with one attached hydrogen (secondary N) is 1. The van der Waals surface area contributed by atoms with Gasteiger partial charge in [-0.25, -0.2) is 0 Å². The molecule has 2 unspecified atom stereocenters. The van der Waals surface area contributed by atoms with Gasteiger partial charge in [0.2, 0.25) is 5.91 Å².